The van der Waals surface area contributed by atoms with Crippen LogP contribution in [0.4, 0.5) is 0 Å². The molecule has 3 heterocycles. The van der Waals surface area contributed by atoms with Gasteiger partial charge in [-0.1, -0.05) is 18.2 Å². The van der Waals surface area contributed by atoms with E-state index in [0.717, 1.165) is 10.1 Å². The first-order valence-electron chi connectivity index (χ1n) is 8.65. The van der Waals surface area contributed by atoms with Crippen LogP contribution in [-0.4, -0.2) is 48.7 Å². The number of nitrogens with zero attached hydrogens (tertiary/aromatic N) is 1. The van der Waals surface area contributed by atoms with Crippen molar-refractivity contribution in [3.63, 3.8) is 0 Å². The van der Waals surface area contributed by atoms with Gasteiger partial charge in [0.2, 0.25) is 0 Å². The van der Waals surface area contributed by atoms with Gasteiger partial charge in [0.15, 0.2) is 0 Å². The van der Waals surface area contributed by atoms with E-state index in [1.165, 1.54) is 11.3 Å². The zero-order valence-electron chi connectivity index (χ0n) is 14.3. The molecule has 0 radical (unpaired) electrons. The van der Waals surface area contributed by atoms with Gasteiger partial charge in [-0.25, -0.2) is 8.42 Å². The van der Waals surface area contributed by atoms with Gasteiger partial charge in [0.25, 0.3) is 10.0 Å². The van der Waals surface area contributed by atoms with Crippen molar-refractivity contribution in [2.24, 2.45) is 0 Å². The Hall–Kier alpha value is -0.990. The number of piperidine rings is 1. The number of hydrogen-bond acceptors (Lipinski definition) is 5. The summed E-state index contributed by atoms with van der Waals surface area (Å²) in [7, 11) is -3.47. The van der Waals surface area contributed by atoms with Gasteiger partial charge in [0.1, 0.15) is 4.21 Å². The Labute approximate surface area is 152 Å². The smallest absolute Gasteiger partial charge is 0.252 e. The molecule has 2 aromatic rings. The SMILES string of the molecule is CC1(O)CCOC2(CCN(S(=O)(=O)c3cc4ccccc4s3)CC2)C1. The average molecular weight is 382 g/mol. The molecule has 0 bridgehead atoms. The molecule has 1 N–H and O–H groups in total. The lowest BCUT2D eigenvalue weighted by Gasteiger charge is -2.47. The van der Waals surface area contributed by atoms with Crippen LogP contribution in [0.2, 0.25) is 0 Å². The Balaban J connectivity index is 1.53. The molecular weight excluding hydrogens is 358 g/mol. The quantitative estimate of drug-likeness (QED) is 0.868. The molecule has 5 nitrogen and oxygen atoms in total. The molecule has 2 saturated heterocycles. The lowest BCUT2D eigenvalue weighted by Crippen LogP contribution is -2.54. The number of ether oxygens (including phenoxy) is 1. The van der Waals surface area contributed by atoms with Crippen LogP contribution in [0.25, 0.3) is 10.1 Å². The van der Waals surface area contributed by atoms with Crippen LogP contribution in [0.5, 0.6) is 0 Å². The van der Waals surface area contributed by atoms with Gasteiger partial charge in [-0.05, 0) is 43.7 Å². The summed E-state index contributed by atoms with van der Waals surface area (Å²) in [6.07, 6.45) is 2.48. The highest BCUT2D eigenvalue weighted by atomic mass is 32.2. The van der Waals surface area contributed by atoms with Crippen molar-refractivity contribution in [2.45, 2.75) is 48.0 Å². The third-order valence-corrected chi connectivity index (χ3v) is 8.85. The molecule has 1 aromatic carbocycles. The van der Waals surface area contributed by atoms with E-state index in [1.807, 2.05) is 31.2 Å². The molecule has 2 aliphatic heterocycles. The van der Waals surface area contributed by atoms with E-state index >= 15 is 0 Å². The van der Waals surface area contributed by atoms with Crippen LogP contribution in [0, 0.1) is 0 Å². The fraction of sp³-hybridized carbons (Fsp3) is 0.556. The maximum absolute atomic E-state index is 13.0. The van der Waals surface area contributed by atoms with Gasteiger partial charge in [0, 0.05) is 24.2 Å². The van der Waals surface area contributed by atoms with Crippen LogP contribution >= 0.6 is 11.3 Å². The lowest BCUT2D eigenvalue weighted by molar-refractivity contribution is -0.168. The normalized spacial score (nSPS) is 27.8. The predicted octanol–water partition coefficient (Wildman–Crippen LogP) is 2.99. The summed E-state index contributed by atoms with van der Waals surface area (Å²) in [6.45, 7) is 3.26. The van der Waals surface area contributed by atoms with E-state index in [4.69, 9.17) is 4.74 Å². The molecule has 4 rings (SSSR count). The minimum atomic E-state index is -3.47. The fourth-order valence-corrected chi connectivity index (χ4v) is 6.98. The molecule has 0 saturated carbocycles. The summed E-state index contributed by atoms with van der Waals surface area (Å²) in [5.41, 5.74) is -1.10. The van der Waals surface area contributed by atoms with Gasteiger partial charge in [0.05, 0.1) is 17.8 Å². The van der Waals surface area contributed by atoms with Gasteiger partial charge in [-0.2, -0.15) is 4.31 Å². The van der Waals surface area contributed by atoms with Crippen LogP contribution in [0.1, 0.15) is 32.6 Å². The molecule has 136 valence electrons. The number of fused-ring (bicyclic) bond motifs is 1. The first-order chi connectivity index (χ1) is 11.8. The zero-order chi connectivity index (χ0) is 17.7. The van der Waals surface area contributed by atoms with Gasteiger partial charge in [-0.15, -0.1) is 11.3 Å². The molecule has 0 amide bonds. The van der Waals surface area contributed by atoms with Crippen LogP contribution < -0.4 is 0 Å². The second-order valence-electron chi connectivity index (χ2n) is 7.46. The van der Waals surface area contributed by atoms with Crippen molar-refractivity contribution in [1.29, 1.82) is 0 Å². The first-order valence-corrected chi connectivity index (χ1v) is 10.9. The van der Waals surface area contributed by atoms with E-state index in [-0.39, 0.29) is 5.60 Å². The zero-order valence-corrected chi connectivity index (χ0v) is 15.9. The Morgan fingerprint density at radius 2 is 1.92 bits per heavy atom. The van der Waals surface area contributed by atoms with E-state index < -0.39 is 15.6 Å². The standard InChI is InChI=1S/C18H23NO4S2/c1-17(20)8-11-23-18(13-17)6-9-19(10-7-18)25(21,22)16-12-14-4-2-3-5-15(14)24-16/h2-5,12,20H,6-11,13H2,1H3. The average Bonchev–Trinajstić information content (AvgIpc) is 2.99. The van der Waals surface area contributed by atoms with Crippen molar-refractivity contribution < 1.29 is 18.3 Å². The predicted molar refractivity (Wildman–Crippen MR) is 98.4 cm³/mol. The molecule has 1 spiro atoms. The summed E-state index contributed by atoms with van der Waals surface area (Å²) in [5.74, 6) is 0. The third kappa shape index (κ3) is 3.24. The summed E-state index contributed by atoms with van der Waals surface area (Å²) < 4.78 is 34.9. The summed E-state index contributed by atoms with van der Waals surface area (Å²) in [4.78, 5) is 0. The number of sulfonamides is 1. The number of hydrogen-bond donors (Lipinski definition) is 1. The van der Waals surface area contributed by atoms with Crippen molar-refractivity contribution in [3.8, 4) is 0 Å². The highest BCUT2D eigenvalue weighted by Gasteiger charge is 2.46. The first kappa shape index (κ1) is 17.4. The fourth-order valence-electron chi connectivity index (χ4n) is 3.99. The Morgan fingerprint density at radius 1 is 1.20 bits per heavy atom. The highest BCUT2D eigenvalue weighted by Crippen LogP contribution is 2.41. The second-order valence-corrected chi connectivity index (χ2v) is 10.7. The molecule has 0 aliphatic carbocycles. The van der Waals surface area contributed by atoms with Crippen molar-refractivity contribution in [1.82, 2.24) is 4.31 Å². The van der Waals surface area contributed by atoms with Gasteiger partial charge >= 0.3 is 0 Å². The van der Waals surface area contributed by atoms with E-state index in [9.17, 15) is 13.5 Å². The van der Waals surface area contributed by atoms with E-state index in [2.05, 4.69) is 0 Å². The lowest BCUT2D eigenvalue weighted by atomic mass is 9.78. The highest BCUT2D eigenvalue weighted by molar-refractivity contribution is 7.91. The summed E-state index contributed by atoms with van der Waals surface area (Å²) in [6, 6.07) is 9.49. The van der Waals surface area contributed by atoms with E-state index in [1.54, 1.807) is 10.4 Å². The Morgan fingerprint density at radius 3 is 2.60 bits per heavy atom. The maximum Gasteiger partial charge on any atom is 0.252 e. The molecule has 1 atom stereocenters. The number of rotatable bonds is 2. The summed E-state index contributed by atoms with van der Waals surface area (Å²) >= 11 is 1.32. The van der Waals surface area contributed by atoms with Gasteiger partial charge in [-0.3, -0.25) is 0 Å². The topological polar surface area (TPSA) is 66.8 Å². The minimum Gasteiger partial charge on any atom is -0.390 e. The molecule has 7 heteroatoms. The van der Waals surface area contributed by atoms with Gasteiger partial charge < -0.3 is 9.84 Å². The number of aliphatic hydroxyl groups is 1. The van der Waals surface area contributed by atoms with Crippen LogP contribution in [0.15, 0.2) is 34.5 Å². The Bertz CT molecular complexity index is 846. The number of thiophene rings is 1. The second kappa shape index (κ2) is 6.03. The minimum absolute atomic E-state index is 0.381. The number of benzene rings is 1. The van der Waals surface area contributed by atoms with Crippen molar-refractivity contribution >= 4 is 31.4 Å². The van der Waals surface area contributed by atoms with Crippen LogP contribution in [0.3, 0.4) is 0 Å². The third-order valence-electron chi connectivity index (χ3n) is 5.38. The maximum atomic E-state index is 13.0. The van der Waals surface area contributed by atoms with E-state index in [0.29, 0.717) is 49.6 Å². The van der Waals surface area contributed by atoms with Crippen LogP contribution in [-0.2, 0) is 14.8 Å². The Kier molecular flexibility index (Phi) is 4.20. The monoisotopic (exact) mass is 381 g/mol. The molecule has 2 fully saturated rings. The molecule has 1 unspecified atom stereocenters. The largest absolute Gasteiger partial charge is 0.390 e. The molecule has 1 aromatic heterocycles. The molecular formula is C18H23NO4S2. The summed E-state index contributed by atoms with van der Waals surface area (Å²) in [5, 5.41) is 11.3. The molecule has 25 heavy (non-hydrogen) atoms. The van der Waals surface area contributed by atoms with Crippen molar-refractivity contribution in [3.05, 3.63) is 30.3 Å². The van der Waals surface area contributed by atoms with Crippen molar-refractivity contribution in [2.75, 3.05) is 19.7 Å². The molecule has 2 aliphatic rings.